The van der Waals surface area contributed by atoms with E-state index in [0.717, 1.165) is 56.4 Å². The third-order valence-corrected chi connectivity index (χ3v) is 7.37. The van der Waals surface area contributed by atoms with Crippen molar-refractivity contribution in [2.45, 2.75) is 84.8 Å². The van der Waals surface area contributed by atoms with Gasteiger partial charge in [0, 0.05) is 18.2 Å². The molecule has 1 saturated heterocycles. The highest BCUT2D eigenvalue weighted by atomic mass is 16.5. The number of hydrogen-bond acceptors (Lipinski definition) is 4. The third kappa shape index (κ3) is 4.91. The van der Waals surface area contributed by atoms with E-state index in [-0.39, 0.29) is 29.3 Å². The van der Waals surface area contributed by atoms with E-state index in [1.54, 1.807) is 0 Å². The molecule has 31 heavy (non-hydrogen) atoms. The second-order valence-electron chi connectivity index (χ2n) is 11.0. The molecular weight excluding hydrogens is 390 g/mol. The molecule has 0 N–H and O–H groups in total. The summed E-state index contributed by atoms with van der Waals surface area (Å²) < 4.78 is 11.3. The zero-order valence-corrected chi connectivity index (χ0v) is 19.5. The summed E-state index contributed by atoms with van der Waals surface area (Å²) >= 11 is 0. The molecule has 2 aliphatic carbocycles. The average Bonchev–Trinajstić information content (AvgIpc) is 2.97. The first kappa shape index (κ1) is 22.2. The molecule has 3 aliphatic rings. The molecule has 1 aromatic rings. The first-order valence-corrected chi connectivity index (χ1v) is 11.9. The quantitative estimate of drug-likeness (QED) is 0.604. The topological polar surface area (TPSA) is 55.8 Å². The molecule has 3 fully saturated rings. The molecule has 0 spiro atoms. The van der Waals surface area contributed by atoms with Gasteiger partial charge in [0.2, 0.25) is 0 Å². The van der Waals surface area contributed by atoms with Crippen LogP contribution in [0.2, 0.25) is 0 Å². The monoisotopic (exact) mass is 427 g/mol. The summed E-state index contributed by atoms with van der Waals surface area (Å²) in [5, 5.41) is 0. The van der Waals surface area contributed by atoms with Crippen LogP contribution < -0.4 is 4.74 Å². The minimum absolute atomic E-state index is 0.00603. The maximum Gasteiger partial charge on any atom is 0.308 e. The molecule has 2 bridgehead atoms. The van der Waals surface area contributed by atoms with Crippen molar-refractivity contribution < 1.29 is 19.1 Å². The number of carbonyl (C=O) groups is 2. The Kier molecular flexibility index (Phi) is 6.06. The molecule has 2 unspecified atom stereocenters. The van der Waals surface area contributed by atoms with Crippen LogP contribution in [0.3, 0.4) is 0 Å². The number of rotatable bonds is 5. The standard InChI is InChI=1S/C26H37NO4/c1-5-30-24(29)19-8-12-22(13-9-19)31-21-10-6-18(7-11-21)23(28)27-17-26(4)15-20(27)14-25(2,3)16-26/h6-7,10-11,19-20,22H,5,8-9,12-17H2,1-4H3. The van der Waals surface area contributed by atoms with Gasteiger partial charge >= 0.3 is 5.97 Å². The van der Waals surface area contributed by atoms with Gasteiger partial charge in [-0.05, 0) is 87.0 Å². The number of esters is 1. The van der Waals surface area contributed by atoms with Gasteiger partial charge in [-0.1, -0.05) is 20.8 Å². The van der Waals surface area contributed by atoms with Crippen LogP contribution in [0.4, 0.5) is 0 Å². The summed E-state index contributed by atoms with van der Waals surface area (Å²) in [6, 6.07) is 7.98. The number of benzene rings is 1. The maximum atomic E-state index is 13.2. The molecular formula is C26H37NO4. The van der Waals surface area contributed by atoms with E-state index in [1.807, 2.05) is 31.2 Å². The Morgan fingerprint density at radius 1 is 1.03 bits per heavy atom. The van der Waals surface area contributed by atoms with Gasteiger partial charge in [0.25, 0.3) is 5.91 Å². The van der Waals surface area contributed by atoms with Crippen LogP contribution >= 0.6 is 0 Å². The van der Waals surface area contributed by atoms with Gasteiger partial charge in [-0.15, -0.1) is 0 Å². The van der Waals surface area contributed by atoms with Crippen molar-refractivity contribution in [1.29, 1.82) is 0 Å². The van der Waals surface area contributed by atoms with Crippen LogP contribution in [0.15, 0.2) is 24.3 Å². The fourth-order valence-electron chi connectivity index (χ4n) is 6.41. The molecule has 2 saturated carbocycles. The van der Waals surface area contributed by atoms with Crippen molar-refractivity contribution in [3.05, 3.63) is 29.8 Å². The molecule has 5 nitrogen and oxygen atoms in total. The normalized spacial score (nSPS) is 31.9. The first-order valence-electron chi connectivity index (χ1n) is 11.9. The number of carbonyl (C=O) groups excluding carboxylic acids is 2. The summed E-state index contributed by atoms with van der Waals surface area (Å²) in [6.45, 7) is 10.1. The maximum absolute atomic E-state index is 13.2. The predicted octanol–water partition coefficient (Wildman–Crippen LogP) is 5.23. The molecule has 0 aromatic heterocycles. The number of ether oxygens (including phenoxy) is 2. The fourth-order valence-corrected chi connectivity index (χ4v) is 6.41. The lowest BCUT2D eigenvalue weighted by Crippen LogP contribution is -2.37. The van der Waals surface area contributed by atoms with E-state index >= 15 is 0 Å². The molecule has 1 amide bonds. The molecule has 1 aromatic carbocycles. The van der Waals surface area contributed by atoms with Gasteiger partial charge in [-0.25, -0.2) is 0 Å². The van der Waals surface area contributed by atoms with Gasteiger partial charge < -0.3 is 14.4 Å². The lowest BCUT2D eigenvalue weighted by Gasteiger charge is -2.39. The minimum Gasteiger partial charge on any atom is -0.490 e. The van der Waals surface area contributed by atoms with Crippen LogP contribution in [0.5, 0.6) is 5.75 Å². The zero-order chi connectivity index (χ0) is 22.2. The summed E-state index contributed by atoms with van der Waals surface area (Å²) in [6.07, 6.45) is 6.85. The lowest BCUT2D eigenvalue weighted by molar-refractivity contribution is -0.149. The Morgan fingerprint density at radius 2 is 1.71 bits per heavy atom. The highest BCUT2D eigenvalue weighted by molar-refractivity contribution is 5.94. The number of nitrogens with zero attached hydrogens (tertiary/aromatic N) is 1. The van der Waals surface area contributed by atoms with Gasteiger partial charge in [0.1, 0.15) is 5.75 Å². The number of amides is 1. The van der Waals surface area contributed by atoms with E-state index in [0.29, 0.717) is 18.1 Å². The van der Waals surface area contributed by atoms with Gasteiger partial charge in [0.05, 0.1) is 18.6 Å². The largest absolute Gasteiger partial charge is 0.490 e. The smallest absolute Gasteiger partial charge is 0.308 e. The van der Waals surface area contributed by atoms with Crippen LogP contribution in [-0.4, -0.2) is 42.1 Å². The molecule has 1 heterocycles. The fraction of sp³-hybridized carbons (Fsp3) is 0.692. The van der Waals surface area contributed by atoms with Gasteiger partial charge in [-0.3, -0.25) is 9.59 Å². The average molecular weight is 428 g/mol. The Labute approximate surface area is 186 Å². The molecule has 2 atom stereocenters. The van der Waals surface area contributed by atoms with E-state index in [4.69, 9.17) is 9.47 Å². The predicted molar refractivity (Wildman–Crippen MR) is 120 cm³/mol. The Balaban J connectivity index is 1.33. The van der Waals surface area contributed by atoms with Crippen molar-refractivity contribution in [2.24, 2.45) is 16.7 Å². The second kappa shape index (κ2) is 8.48. The van der Waals surface area contributed by atoms with Crippen LogP contribution in [0.1, 0.15) is 83.0 Å². The van der Waals surface area contributed by atoms with Gasteiger partial charge in [0.15, 0.2) is 0 Å². The van der Waals surface area contributed by atoms with E-state index in [9.17, 15) is 9.59 Å². The summed E-state index contributed by atoms with van der Waals surface area (Å²) in [5.74, 6) is 0.872. The molecule has 0 radical (unpaired) electrons. The second-order valence-corrected chi connectivity index (χ2v) is 11.0. The van der Waals surface area contributed by atoms with Crippen molar-refractivity contribution in [3.8, 4) is 5.75 Å². The van der Waals surface area contributed by atoms with Crippen LogP contribution in [-0.2, 0) is 9.53 Å². The highest BCUT2D eigenvalue weighted by Crippen LogP contribution is 2.52. The molecule has 4 rings (SSSR count). The molecule has 170 valence electrons. The Morgan fingerprint density at radius 3 is 2.35 bits per heavy atom. The van der Waals surface area contributed by atoms with E-state index in [1.165, 1.54) is 6.42 Å². The minimum atomic E-state index is -0.0764. The summed E-state index contributed by atoms with van der Waals surface area (Å²) in [7, 11) is 0. The Bertz CT molecular complexity index is 809. The van der Waals surface area contributed by atoms with Crippen molar-refractivity contribution in [3.63, 3.8) is 0 Å². The van der Waals surface area contributed by atoms with Crippen molar-refractivity contribution in [1.82, 2.24) is 4.90 Å². The number of hydrogen-bond donors (Lipinski definition) is 0. The summed E-state index contributed by atoms with van der Waals surface area (Å²) in [5.41, 5.74) is 1.29. The molecule has 1 aliphatic heterocycles. The van der Waals surface area contributed by atoms with Crippen molar-refractivity contribution >= 4 is 11.9 Å². The third-order valence-electron chi connectivity index (χ3n) is 7.37. The SMILES string of the molecule is CCOC(=O)C1CCC(Oc2ccc(C(=O)N3CC4(C)CC3CC(C)(C)C4)cc2)CC1. The number of fused-ring (bicyclic) bond motifs is 2. The van der Waals surface area contributed by atoms with E-state index < -0.39 is 0 Å². The van der Waals surface area contributed by atoms with Crippen LogP contribution in [0, 0.1) is 16.7 Å². The van der Waals surface area contributed by atoms with E-state index in [2.05, 4.69) is 25.7 Å². The molecule has 5 heteroatoms. The lowest BCUT2D eigenvalue weighted by atomic mass is 9.65. The number of likely N-dealkylation sites (tertiary alicyclic amines) is 1. The zero-order valence-electron chi connectivity index (χ0n) is 19.5. The first-order chi connectivity index (χ1) is 14.7. The van der Waals surface area contributed by atoms with Crippen molar-refractivity contribution in [2.75, 3.05) is 13.2 Å². The van der Waals surface area contributed by atoms with Crippen LogP contribution in [0.25, 0.3) is 0 Å². The summed E-state index contributed by atoms with van der Waals surface area (Å²) in [4.78, 5) is 27.2. The van der Waals surface area contributed by atoms with Gasteiger partial charge in [-0.2, -0.15) is 0 Å². The Hall–Kier alpha value is -2.04. The highest BCUT2D eigenvalue weighted by Gasteiger charge is 2.51.